The van der Waals surface area contributed by atoms with E-state index in [4.69, 9.17) is 4.74 Å². The molecule has 0 aromatic carbocycles. The van der Waals surface area contributed by atoms with Crippen LogP contribution >= 0.6 is 0 Å². The summed E-state index contributed by atoms with van der Waals surface area (Å²) in [4.78, 5) is 14.0. The van der Waals surface area contributed by atoms with E-state index in [1.165, 1.54) is 0 Å². The zero-order valence-electron chi connectivity index (χ0n) is 13.1. The third-order valence-corrected chi connectivity index (χ3v) is 3.57. The average Bonchev–Trinajstić information content (AvgIpc) is 2.86. The SMILES string of the molecule is COCc1cn(C[C@H]2CCCN(C(=O)C=C(C)C)C2)nn1. The fraction of sp³-hybridized carbons (Fsp3) is 0.667. The molecule has 1 atom stereocenters. The lowest BCUT2D eigenvalue weighted by Crippen LogP contribution is -2.40. The van der Waals surface area contributed by atoms with Crippen LogP contribution in [0.5, 0.6) is 0 Å². The van der Waals surface area contributed by atoms with Crippen molar-refractivity contribution in [3.05, 3.63) is 23.5 Å². The lowest BCUT2D eigenvalue weighted by Gasteiger charge is -2.32. The first-order valence-electron chi connectivity index (χ1n) is 7.40. The number of aromatic nitrogens is 3. The number of hydrogen-bond donors (Lipinski definition) is 0. The standard InChI is InChI=1S/C15H24N4O2/c1-12(2)7-15(20)18-6-4-5-13(8-18)9-19-10-14(11-21-3)16-17-19/h7,10,13H,4-6,8-9,11H2,1-3H3/t13-/m0/s1. The molecule has 6 heteroatoms. The maximum Gasteiger partial charge on any atom is 0.246 e. The number of hydrogen-bond acceptors (Lipinski definition) is 4. The Balaban J connectivity index is 1.91. The first-order chi connectivity index (χ1) is 10.1. The van der Waals surface area contributed by atoms with Gasteiger partial charge in [0.2, 0.25) is 5.91 Å². The van der Waals surface area contributed by atoms with Gasteiger partial charge in [-0.2, -0.15) is 0 Å². The molecule has 0 saturated carbocycles. The van der Waals surface area contributed by atoms with Crippen molar-refractivity contribution in [2.24, 2.45) is 5.92 Å². The van der Waals surface area contributed by atoms with Crippen LogP contribution in [0.4, 0.5) is 0 Å². The van der Waals surface area contributed by atoms with E-state index in [-0.39, 0.29) is 5.91 Å². The van der Waals surface area contributed by atoms with Crippen molar-refractivity contribution in [3.63, 3.8) is 0 Å². The molecule has 1 aromatic rings. The van der Waals surface area contributed by atoms with E-state index < -0.39 is 0 Å². The molecule has 2 rings (SSSR count). The third-order valence-electron chi connectivity index (χ3n) is 3.57. The number of rotatable bonds is 5. The van der Waals surface area contributed by atoms with Crippen molar-refractivity contribution in [1.29, 1.82) is 0 Å². The van der Waals surface area contributed by atoms with Crippen LogP contribution < -0.4 is 0 Å². The van der Waals surface area contributed by atoms with Gasteiger partial charge >= 0.3 is 0 Å². The Morgan fingerprint density at radius 3 is 3.05 bits per heavy atom. The molecular formula is C15H24N4O2. The molecule has 1 aromatic heterocycles. The average molecular weight is 292 g/mol. The molecule has 1 aliphatic rings. The van der Waals surface area contributed by atoms with Crippen molar-refractivity contribution >= 4 is 5.91 Å². The van der Waals surface area contributed by atoms with E-state index in [0.29, 0.717) is 12.5 Å². The fourth-order valence-corrected chi connectivity index (χ4v) is 2.66. The van der Waals surface area contributed by atoms with E-state index >= 15 is 0 Å². The van der Waals surface area contributed by atoms with Crippen molar-refractivity contribution < 1.29 is 9.53 Å². The topological polar surface area (TPSA) is 60.2 Å². The van der Waals surface area contributed by atoms with Crippen LogP contribution in [-0.4, -0.2) is 46.0 Å². The number of carbonyl (C=O) groups excluding carboxylic acids is 1. The lowest BCUT2D eigenvalue weighted by molar-refractivity contribution is -0.127. The number of carbonyl (C=O) groups is 1. The molecule has 6 nitrogen and oxygen atoms in total. The van der Waals surface area contributed by atoms with E-state index in [1.807, 2.05) is 29.6 Å². The van der Waals surface area contributed by atoms with E-state index in [2.05, 4.69) is 10.3 Å². The molecular weight excluding hydrogens is 268 g/mol. The molecule has 1 aliphatic heterocycles. The number of amides is 1. The van der Waals surface area contributed by atoms with Gasteiger partial charge in [-0.25, -0.2) is 0 Å². The fourth-order valence-electron chi connectivity index (χ4n) is 2.66. The van der Waals surface area contributed by atoms with Gasteiger partial charge in [0.25, 0.3) is 0 Å². The molecule has 0 radical (unpaired) electrons. The van der Waals surface area contributed by atoms with Crippen LogP contribution in [0.3, 0.4) is 0 Å². The molecule has 2 heterocycles. The highest BCUT2D eigenvalue weighted by atomic mass is 16.5. The van der Waals surface area contributed by atoms with E-state index in [9.17, 15) is 4.79 Å². The number of methoxy groups -OCH3 is 1. The van der Waals surface area contributed by atoms with Gasteiger partial charge in [0, 0.05) is 32.8 Å². The summed E-state index contributed by atoms with van der Waals surface area (Å²) in [6.45, 7) is 6.83. The number of ether oxygens (including phenoxy) is 1. The second-order valence-corrected chi connectivity index (χ2v) is 5.88. The molecule has 21 heavy (non-hydrogen) atoms. The minimum absolute atomic E-state index is 0.123. The van der Waals surface area contributed by atoms with E-state index in [1.54, 1.807) is 13.2 Å². The largest absolute Gasteiger partial charge is 0.378 e. The van der Waals surface area contributed by atoms with Gasteiger partial charge in [-0.1, -0.05) is 10.8 Å². The summed E-state index contributed by atoms with van der Waals surface area (Å²) in [5.41, 5.74) is 1.88. The van der Waals surface area contributed by atoms with Crippen LogP contribution in [0.2, 0.25) is 0 Å². The summed E-state index contributed by atoms with van der Waals surface area (Å²) < 4.78 is 6.90. The van der Waals surface area contributed by atoms with Crippen molar-refractivity contribution in [1.82, 2.24) is 19.9 Å². The number of allylic oxidation sites excluding steroid dienone is 1. The molecule has 1 saturated heterocycles. The van der Waals surface area contributed by atoms with Gasteiger partial charge in [-0.15, -0.1) is 5.10 Å². The van der Waals surface area contributed by atoms with Gasteiger partial charge in [0.1, 0.15) is 5.69 Å². The van der Waals surface area contributed by atoms with Crippen molar-refractivity contribution in [3.8, 4) is 0 Å². The predicted octanol–water partition coefficient (Wildman–Crippen LogP) is 1.63. The van der Waals surface area contributed by atoms with Gasteiger partial charge in [0.05, 0.1) is 12.8 Å². The molecule has 0 aliphatic carbocycles. The van der Waals surface area contributed by atoms with Crippen LogP contribution in [-0.2, 0) is 22.7 Å². The van der Waals surface area contributed by atoms with Gasteiger partial charge in [-0.05, 0) is 32.6 Å². The summed E-state index contributed by atoms with van der Waals surface area (Å²) in [7, 11) is 1.65. The summed E-state index contributed by atoms with van der Waals surface area (Å²) in [6, 6.07) is 0. The van der Waals surface area contributed by atoms with Gasteiger partial charge < -0.3 is 9.64 Å². The highest BCUT2D eigenvalue weighted by Gasteiger charge is 2.23. The summed E-state index contributed by atoms with van der Waals surface area (Å²) in [5, 5.41) is 8.18. The van der Waals surface area contributed by atoms with Crippen molar-refractivity contribution in [2.45, 2.75) is 39.8 Å². The minimum Gasteiger partial charge on any atom is -0.378 e. The minimum atomic E-state index is 0.123. The predicted molar refractivity (Wildman–Crippen MR) is 79.5 cm³/mol. The van der Waals surface area contributed by atoms with Crippen molar-refractivity contribution in [2.75, 3.05) is 20.2 Å². The number of nitrogens with zero attached hydrogens (tertiary/aromatic N) is 4. The highest BCUT2D eigenvalue weighted by molar-refractivity contribution is 5.88. The zero-order valence-corrected chi connectivity index (χ0v) is 13.1. The molecule has 1 amide bonds. The molecule has 0 spiro atoms. The molecule has 0 unspecified atom stereocenters. The Kier molecular flexibility index (Phi) is 5.50. The quantitative estimate of drug-likeness (QED) is 0.774. The van der Waals surface area contributed by atoms with Gasteiger partial charge in [-0.3, -0.25) is 9.48 Å². The lowest BCUT2D eigenvalue weighted by atomic mass is 9.98. The molecule has 0 N–H and O–H groups in total. The van der Waals surface area contributed by atoms with E-state index in [0.717, 1.165) is 43.7 Å². The summed E-state index contributed by atoms with van der Waals surface area (Å²) in [5.74, 6) is 0.559. The number of likely N-dealkylation sites (tertiary alicyclic amines) is 1. The van der Waals surface area contributed by atoms with Gasteiger partial charge in [0.15, 0.2) is 0 Å². The van der Waals surface area contributed by atoms with Crippen LogP contribution in [0.15, 0.2) is 17.8 Å². The number of piperidine rings is 1. The third kappa shape index (κ3) is 4.67. The Hall–Kier alpha value is -1.69. The maximum absolute atomic E-state index is 12.1. The van der Waals surface area contributed by atoms with Crippen LogP contribution in [0, 0.1) is 5.92 Å². The highest BCUT2D eigenvalue weighted by Crippen LogP contribution is 2.18. The summed E-state index contributed by atoms with van der Waals surface area (Å²) >= 11 is 0. The Bertz CT molecular complexity index is 506. The zero-order chi connectivity index (χ0) is 15.2. The maximum atomic E-state index is 12.1. The summed E-state index contributed by atoms with van der Waals surface area (Å²) in [6.07, 6.45) is 5.81. The first-order valence-corrected chi connectivity index (χ1v) is 7.40. The first kappa shape index (κ1) is 15.7. The normalized spacial score (nSPS) is 18.6. The van der Waals surface area contributed by atoms with Crippen LogP contribution in [0.1, 0.15) is 32.4 Å². The Morgan fingerprint density at radius 1 is 1.52 bits per heavy atom. The second-order valence-electron chi connectivity index (χ2n) is 5.88. The van der Waals surface area contributed by atoms with Crippen LogP contribution in [0.25, 0.3) is 0 Å². The molecule has 1 fully saturated rings. The molecule has 0 bridgehead atoms. The Labute approximate surface area is 125 Å². The monoisotopic (exact) mass is 292 g/mol. The second kappa shape index (κ2) is 7.36. The smallest absolute Gasteiger partial charge is 0.246 e. The molecule has 116 valence electrons. The Morgan fingerprint density at radius 2 is 2.33 bits per heavy atom.